The second-order valence-electron chi connectivity index (χ2n) is 7.32. The van der Waals surface area contributed by atoms with Gasteiger partial charge in [-0.1, -0.05) is 31.2 Å². The Morgan fingerprint density at radius 1 is 1.10 bits per heavy atom. The minimum atomic E-state index is -0.115. The molecule has 1 aliphatic carbocycles. The normalized spacial score (nSPS) is 12.4. The number of amides is 2. The largest absolute Gasteiger partial charge is 0.373 e. The number of aryl methyl sites for hydroxylation is 1. The third-order valence-corrected chi connectivity index (χ3v) is 6.09. The van der Waals surface area contributed by atoms with Crippen LogP contribution in [0.1, 0.15) is 46.9 Å². The molecule has 0 saturated carbocycles. The Morgan fingerprint density at radius 3 is 2.34 bits per heavy atom. The molecule has 0 aliphatic heterocycles. The Bertz CT molecular complexity index is 838. The summed E-state index contributed by atoms with van der Waals surface area (Å²) in [5, 5.41) is 7.11. The van der Waals surface area contributed by atoms with Crippen LogP contribution in [0.5, 0.6) is 0 Å². The van der Waals surface area contributed by atoms with Gasteiger partial charge in [0.1, 0.15) is 5.00 Å². The number of nitrogens with one attached hydrogen (secondary N) is 2. The van der Waals surface area contributed by atoms with Gasteiger partial charge in [0.15, 0.2) is 0 Å². The molecule has 1 aromatic carbocycles. The van der Waals surface area contributed by atoms with E-state index in [9.17, 15) is 4.79 Å². The summed E-state index contributed by atoms with van der Waals surface area (Å²) < 4.78 is 0. The molecule has 1 heterocycles. The van der Waals surface area contributed by atoms with Crippen LogP contribution in [-0.2, 0) is 41.9 Å². The summed E-state index contributed by atoms with van der Waals surface area (Å²) in [4.78, 5) is 32.2. The second-order valence-corrected chi connectivity index (χ2v) is 8.42. The summed E-state index contributed by atoms with van der Waals surface area (Å²) in [6.07, 6.45) is 6.10. The molecule has 6 nitrogen and oxygen atoms in total. The number of hydrogen-bond acceptors (Lipinski definition) is 5. The van der Waals surface area contributed by atoms with E-state index in [1.54, 1.807) is 11.3 Å². The van der Waals surface area contributed by atoms with Gasteiger partial charge in [-0.2, -0.15) is 9.59 Å². The Kier molecular flexibility index (Phi) is 9.06. The lowest BCUT2D eigenvalue weighted by molar-refractivity contribution is -0.191. The van der Waals surface area contributed by atoms with Crippen LogP contribution < -0.4 is 10.6 Å². The van der Waals surface area contributed by atoms with Gasteiger partial charge < -0.3 is 10.2 Å². The van der Waals surface area contributed by atoms with Crippen LogP contribution in [0, 0.1) is 0 Å². The van der Waals surface area contributed by atoms with E-state index in [-0.39, 0.29) is 12.2 Å². The number of rotatable bonds is 6. The van der Waals surface area contributed by atoms with E-state index < -0.39 is 0 Å². The van der Waals surface area contributed by atoms with Crippen molar-refractivity contribution in [3.05, 3.63) is 51.4 Å². The van der Waals surface area contributed by atoms with Gasteiger partial charge in [0.2, 0.25) is 0 Å². The smallest absolute Gasteiger partial charge is 0.334 e. The molecule has 2 aromatic rings. The number of thiophene rings is 1. The maximum atomic E-state index is 12.4. The third kappa shape index (κ3) is 6.82. The lowest BCUT2D eigenvalue weighted by Crippen LogP contribution is -2.28. The van der Waals surface area contributed by atoms with Crippen molar-refractivity contribution >= 4 is 28.5 Å². The van der Waals surface area contributed by atoms with Crippen LogP contribution in [0.2, 0.25) is 0 Å². The Hall–Kier alpha value is -2.47. The second kappa shape index (κ2) is 11.5. The Balaban J connectivity index is 0.000000941. The number of benzene rings is 1. The molecule has 29 heavy (non-hydrogen) atoms. The minimum Gasteiger partial charge on any atom is -0.334 e. The molecule has 1 aromatic heterocycles. The standard InChI is InChI=1S/C21H29N3OS.CO2/c1-4-17-18-7-5-6-8-19(18)26-20(17)23-21(25)22-13-15-9-11-16(12-10-15)14-24(2)3;2-1-3/h9-12H,4-8,13-14H2,1-3H3,(H2,22,23,25);. The number of carbonyl (C=O) groups is 1. The van der Waals surface area contributed by atoms with Crippen LogP contribution in [0.15, 0.2) is 24.3 Å². The lowest BCUT2D eigenvalue weighted by Gasteiger charge is -2.12. The number of hydrogen-bond donors (Lipinski definition) is 2. The summed E-state index contributed by atoms with van der Waals surface area (Å²) in [5.74, 6) is 0. The molecule has 2 N–H and O–H groups in total. The fourth-order valence-electron chi connectivity index (χ4n) is 3.56. The lowest BCUT2D eigenvalue weighted by atomic mass is 9.94. The maximum Gasteiger partial charge on any atom is 0.373 e. The topological polar surface area (TPSA) is 78.5 Å². The summed E-state index contributed by atoms with van der Waals surface area (Å²) in [6.45, 7) is 3.65. The first kappa shape index (κ1) is 22.8. The van der Waals surface area contributed by atoms with Gasteiger partial charge in [0.05, 0.1) is 0 Å². The first-order valence-electron chi connectivity index (χ1n) is 9.88. The van der Waals surface area contributed by atoms with Crippen LogP contribution in [0.25, 0.3) is 0 Å². The zero-order valence-corrected chi connectivity index (χ0v) is 18.2. The minimum absolute atomic E-state index is 0.115. The number of fused-ring (bicyclic) bond motifs is 1. The van der Waals surface area contributed by atoms with E-state index in [0.717, 1.165) is 36.4 Å². The van der Waals surface area contributed by atoms with Crippen LogP contribution >= 0.6 is 11.3 Å². The zero-order valence-electron chi connectivity index (χ0n) is 17.3. The molecule has 0 spiro atoms. The van der Waals surface area contributed by atoms with Gasteiger partial charge in [0.25, 0.3) is 0 Å². The molecule has 156 valence electrons. The average molecular weight is 416 g/mol. The fraction of sp³-hybridized carbons (Fsp3) is 0.455. The first-order valence-corrected chi connectivity index (χ1v) is 10.7. The third-order valence-electron chi connectivity index (χ3n) is 4.84. The van der Waals surface area contributed by atoms with E-state index in [1.165, 1.54) is 34.4 Å². The highest BCUT2D eigenvalue weighted by molar-refractivity contribution is 7.16. The zero-order chi connectivity index (χ0) is 21.2. The highest BCUT2D eigenvalue weighted by Gasteiger charge is 2.20. The van der Waals surface area contributed by atoms with Gasteiger partial charge in [-0.25, -0.2) is 4.79 Å². The predicted molar refractivity (Wildman–Crippen MR) is 115 cm³/mol. The van der Waals surface area contributed by atoms with E-state index >= 15 is 0 Å². The molecule has 0 fully saturated rings. The van der Waals surface area contributed by atoms with Gasteiger partial charge in [-0.05, 0) is 68.5 Å². The van der Waals surface area contributed by atoms with Crippen molar-refractivity contribution in [3.8, 4) is 0 Å². The first-order chi connectivity index (χ1) is 14.0. The summed E-state index contributed by atoms with van der Waals surface area (Å²) in [5.41, 5.74) is 5.23. The number of anilines is 1. The van der Waals surface area contributed by atoms with Gasteiger partial charge in [-0.3, -0.25) is 5.32 Å². The highest BCUT2D eigenvalue weighted by Crippen LogP contribution is 2.38. The van der Waals surface area contributed by atoms with E-state index in [2.05, 4.69) is 60.8 Å². The molecule has 1 aliphatic rings. The molecule has 0 atom stereocenters. The fourth-order valence-corrected chi connectivity index (χ4v) is 4.94. The summed E-state index contributed by atoms with van der Waals surface area (Å²) in [7, 11) is 4.12. The molecular formula is C22H29N3O3S. The van der Waals surface area contributed by atoms with E-state index in [1.807, 2.05) is 0 Å². The van der Waals surface area contributed by atoms with Crippen molar-refractivity contribution in [2.24, 2.45) is 0 Å². The van der Waals surface area contributed by atoms with Crippen molar-refractivity contribution in [2.75, 3.05) is 19.4 Å². The van der Waals surface area contributed by atoms with Gasteiger partial charge in [-0.15, -0.1) is 11.3 Å². The predicted octanol–water partition coefficient (Wildman–Crippen LogP) is 3.99. The van der Waals surface area contributed by atoms with Gasteiger partial charge >= 0.3 is 12.2 Å². The van der Waals surface area contributed by atoms with Crippen molar-refractivity contribution in [3.63, 3.8) is 0 Å². The summed E-state index contributed by atoms with van der Waals surface area (Å²) >= 11 is 1.77. The molecule has 7 heteroatoms. The molecule has 0 radical (unpaired) electrons. The average Bonchev–Trinajstić information content (AvgIpc) is 3.04. The van der Waals surface area contributed by atoms with Crippen molar-refractivity contribution in [1.82, 2.24) is 10.2 Å². The molecule has 3 rings (SSSR count). The number of urea groups is 1. The van der Waals surface area contributed by atoms with Crippen LogP contribution in [0.4, 0.5) is 9.80 Å². The van der Waals surface area contributed by atoms with Crippen LogP contribution in [0.3, 0.4) is 0 Å². The Morgan fingerprint density at radius 2 is 1.72 bits per heavy atom. The van der Waals surface area contributed by atoms with E-state index in [4.69, 9.17) is 9.59 Å². The van der Waals surface area contributed by atoms with Crippen molar-refractivity contribution < 1.29 is 14.4 Å². The maximum absolute atomic E-state index is 12.4. The summed E-state index contributed by atoms with van der Waals surface area (Å²) in [6, 6.07) is 8.30. The molecule has 0 unspecified atom stereocenters. The van der Waals surface area contributed by atoms with E-state index in [0.29, 0.717) is 6.54 Å². The Labute approximate surface area is 176 Å². The highest BCUT2D eigenvalue weighted by atomic mass is 32.1. The van der Waals surface area contributed by atoms with Crippen molar-refractivity contribution in [1.29, 1.82) is 0 Å². The molecular weight excluding hydrogens is 386 g/mol. The quantitative estimate of drug-likeness (QED) is 0.748. The molecule has 2 amide bonds. The monoisotopic (exact) mass is 415 g/mol. The van der Waals surface area contributed by atoms with Gasteiger partial charge in [0, 0.05) is 18.0 Å². The number of nitrogens with zero attached hydrogens (tertiary/aromatic N) is 1. The SMILES string of the molecule is CCc1c(NC(=O)NCc2ccc(CN(C)C)cc2)sc2c1CCCC2.O=C=O. The number of carbonyl (C=O) groups excluding carboxylic acids is 3. The van der Waals surface area contributed by atoms with Crippen molar-refractivity contribution in [2.45, 2.75) is 52.1 Å². The van der Waals surface area contributed by atoms with Crippen LogP contribution in [-0.4, -0.2) is 31.2 Å². The molecule has 0 bridgehead atoms. The molecule has 0 saturated heterocycles.